The predicted molar refractivity (Wildman–Crippen MR) is 60.7 cm³/mol. The number of amides is 1. The fourth-order valence-corrected chi connectivity index (χ4v) is 1.07. The number of hydrogen-bond acceptors (Lipinski definition) is 4. The molecule has 0 spiro atoms. The first kappa shape index (κ1) is 12.0. The van der Waals surface area contributed by atoms with E-state index in [0.717, 1.165) is 11.3 Å². The van der Waals surface area contributed by atoms with Crippen molar-refractivity contribution in [2.45, 2.75) is 6.92 Å². The molecule has 1 rings (SSSR count). The Morgan fingerprint density at radius 1 is 1.25 bits per heavy atom. The maximum Gasteiger partial charge on any atom is 0.427 e. The molecular weight excluding hydrogens is 208 g/mol. The van der Waals surface area contributed by atoms with Crippen molar-refractivity contribution in [2.75, 3.05) is 14.2 Å². The highest BCUT2D eigenvalue weighted by Crippen LogP contribution is 2.11. The van der Waals surface area contributed by atoms with E-state index < -0.39 is 6.09 Å². The summed E-state index contributed by atoms with van der Waals surface area (Å²) in [6.45, 7) is 1.79. The van der Waals surface area contributed by atoms with Gasteiger partial charge in [0, 0.05) is 0 Å². The molecule has 1 aromatic rings. The Morgan fingerprint density at radius 2 is 1.88 bits per heavy atom. The van der Waals surface area contributed by atoms with Crippen LogP contribution in [0.3, 0.4) is 0 Å². The lowest BCUT2D eigenvalue weighted by atomic mass is 10.1. The van der Waals surface area contributed by atoms with Crippen LogP contribution >= 0.6 is 0 Å². The maximum absolute atomic E-state index is 10.8. The van der Waals surface area contributed by atoms with Gasteiger partial charge in [-0.3, -0.25) is 0 Å². The molecule has 0 atom stereocenters. The summed E-state index contributed by atoms with van der Waals surface area (Å²) < 4.78 is 9.43. The fourth-order valence-electron chi connectivity index (χ4n) is 1.07. The topological polar surface area (TPSA) is 59.9 Å². The third kappa shape index (κ3) is 3.27. The molecule has 1 aromatic carbocycles. The van der Waals surface area contributed by atoms with Gasteiger partial charge < -0.3 is 9.47 Å². The molecule has 1 amide bonds. The summed E-state index contributed by atoms with van der Waals surface area (Å²) in [5.41, 5.74) is 3.84. The molecule has 0 aromatic heterocycles. The Hall–Kier alpha value is -2.04. The molecule has 0 unspecified atom stereocenters. The number of benzene rings is 1. The van der Waals surface area contributed by atoms with Gasteiger partial charge >= 0.3 is 6.09 Å². The number of hydrogen-bond donors (Lipinski definition) is 1. The van der Waals surface area contributed by atoms with E-state index in [1.165, 1.54) is 7.11 Å². The van der Waals surface area contributed by atoms with Crippen LogP contribution in [0, 0.1) is 0 Å². The summed E-state index contributed by atoms with van der Waals surface area (Å²) in [7, 11) is 2.89. The Labute approximate surface area is 94.1 Å². The van der Waals surface area contributed by atoms with Crippen LogP contribution in [-0.2, 0) is 4.74 Å². The largest absolute Gasteiger partial charge is 0.497 e. The van der Waals surface area contributed by atoms with E-state index in [-0.39, 0.29) is 0 Å². The van der Waals surface area contributed by atoms with Crippen LogP contribution in [0.4, 0.5) is 4.79 Å². The second-order valence-electron chi connectivity index (χ2n) is 3.03. The van der Waals surface area contributed by atoms with Gasteiger partial charge in [-0.1, -0.05) is 0 Å². The van der Waals surface area contributed by atoms with Crippen molar-refractivity contribution in [3.63, 3.8) is 0 Å². The minimum atomic E-state index is -0.590. The molecule has 16 heavy (non-hydrogen) atoms. The highest BCUT2D eigenvalue weighted by Gasteiger charge is 2.00. The van der Waals surface area contributed by atoms with E-state index in [0.29, 0.717) is 5.71 Å². The molecule has 0 saturated carbocycles. The summed E-state index contributed by atoms with van der Waals surface area (Å²) in [6, 6.07) is 7.37. The Kier molecular flexibility index (Phi) is 4.32. The number of carbonyl (C=O) groups excluding carboxylic acids is 1. The van der Waals surface area contributed by atoms with E-state index in [9.17, 15) is 4.79 Å². The maximum atomic E-state index is 10.8. The van der Waals surface area contributed by atoms with Crippen molar-refractivity contribution >= 4 is 11.8 Å². The van der Waals surface area contributed by atoms with Crippen LogP contribution in [0.1, 0.15) is 12.5 Å². The average Bonchev–Trinajstić information content (AvgIpc) is 2.35. The number of hydrazone groups is 1. The summed E-state index contributed by atoms with van der Waals surface area (Å²) in [5.74, 6) is 0.775. The lowest BCUT2D eigenvalue weighted by Gasteiger charge is -2.03. The Morgan fingerprint density at radius 3 is 2.38 bits per heavy atom. The number of nitrogens with one attached hydrogen (secondary N) is 1. The standard InChI is InChI=1S/C11H14N2O3/c1-8(12-13-11(14)16-3)9-4-6-10(15-2)7-5-9/h4-7H,1-3H3,(H,13,14)/b12-8-. The van der Waals surface area contributed by atoms with Crippen LogP contribution in [0.25, 0.3) is 0 Å². The van der Waals surface area contributed by atoms with Gasteiger partial charge in [-0.25, -0.2) is 10.2 Å². The van der Waals surface area contributed by atoms with Crippen molar-refractivity contribution in [2.24, 2.45) is 5.10 Å². The molecule has 0 aliphatic carbocycles. The molecule has 86 valence electrons. The van der Waals surface area contributed by atoms with Gasteiger partial charge in [-0.05, 0) is 36.8 Å². The van der Waals surface area contributed by atoms with Crippen molar-refractivity contribution < 1.29 is 14.3 Å². The highest BCUT2D eigenvalue weighted by molar-refractivity contribution is 5.99. The van der Waals surface area contributed by atoms with Crippen molar-refractivity contribution in [1.29, 1.82) is 0 Å². The zero-order valence-corrected chi connectivity index (χ0v) is 9.48. The average molecular weight is 222 g/mol. The van der Waals surface area contributed by atoms with Crippen LogP contribution < -0.4 is 10.2 Å². The van der Waals surface area contributed by atoms with Gasteiger partial charge in [0.1, 0.15) is 5.75 Å². The lowest BCUT2D eigenvalue weighted by molar-refractivity contribution is 0.171. The van der Waals surface area contributed by atoms with Gasteiger partial charge in [0.15, 0.2) is 0 Å². The van der Waals surface area contributed by atoms with Crippen LogP contribution in [0.2, 0.25) is 0 Å². The van der Waals surface area contributed by atoms with Gasteiger partial charge in [0.2, 0.25) is 0 Å². The van der Waals surface area contributed by atoms with E-state index in [2.05, 4.69) is 15.3 Å². The number of ether oxygens (including phenoxy) is 2. The molecule has 0 radical (unpaired) electrons. The van der Waals surface area contributed by atoms with E-state index in [4.69, 9.17) is 4.74 Å². The Balaban J connectivity index is 2.71. The molecule has 0 aliphatic heterocycles. The van der Waals surface area contributed by atoms with Gasteiger partial charge in [0.05, 0.1) is 19.9 Å². The fraction of sp³-hybridized carbons (Fsp3) is 0.273. The molecule has 0 fully saturated rings. The minimum Gasteiger partial charge on any atom is -0.497 e. The summed E-state index contributed by atoms with van der Waals surface area (Å²) >= 11 is 0. The first-order chi connectivity index (χ1) is 7.67. The number of methoxy groups -OCH3 is 2. The normalized spacial score (nSPS) is 10.8. The van der Waals surface area contributed by atoms with Gasteiger partial charge in [-0.2, -0.15) is 5.10 Å². The third-order valence-corrected chi connectivity index (χ3v) is 2.01. The zero-order chi connectivity index (χ0) is 12.0. The number of nitrogens with zero attached hydrogens (tertiary/aromatic N) is 1. The van der Waals surface area contributed by atoms with Crippen LogP contribution in [0.5, 0.6) is 5.75 Å². The van der Waals surface area contributed by atoms with Crippen LogP contribution in [-0.4, -0.2) is 26.0 Å². The van der Waals surface area contributed by atoms with E-state index >= 15 is 0 Å². The summed E-state index contributed by atoms with van der Waals surface area (Å²) in [6.07, 6.45) is -0.590. The number of rotatable bonds is 3. The van der Waals surface area contributed by atoms with E-state index in [1.807, 2.05) is 24.3 Å². The number of carbonyl (C=O) groups is 1. The van der Waals surface area contributed by atoms with Crippen LogP contribution in [0.15, 0.2) is 29.4 Å². The molecule has 5 heteroatoms. The molecule has 1 N–H and O–H groups in total. The zero-order valence-electron chi connectivity index (χ0n) is 9.48. The molecular formula is C11H14N2O3. The van der Waals surface area contributed by atoms with E-state index in [1.54, 1.807) is 14.0 Å². The van der Waals surface area contributed by atoms with Gasteiger partial charge in [-0.15, -0.1) is 0 Å². The molecule has 5 nitrogen and oxygen atoms in total. The first-order valence-electron chi connectivity index (χ1n) is 4.70. The first-order valence-corrected chi connectivity index (χ1v) is 4.70. The van der Waals surface area contributed by atoms with Gasteiger partial charge in [0.25, 0.3) is 0 Å². The minimum absolute atomic E-state index is 0.590. The smallest absolute Gasteiger partial charge is 0.427 e. The molecule has 0 heterocycles. The SMILES string of the molecule is COC(=O)N/N=C(/C)c1ccc(OC)cc1. The second-order valence-corrected chi connectivity index (χ2v) is 3.03. The van der Waals surface area contributed by atoms with Crippen molar-refractivity contribution in [1.82, 2.24) is 5.43 Å². The lowest BCUT2D eigenvalue weighted by Crippen LogP contribution is -2.18. The monoisotopic (exact) mass is 222 g/mol. The second kappa shape index (κ2) is 5.75. The van der Waals surface area contributed by atoms with Crippen molar-refractivity contribution in [3.8, 4) is 5.75 Å². The third-order valence-electron chi connectivity index (χ3n) is 2.01. The quantitative estimate of drug-likeness (QED) is 0.626. The predicted octanol–water partition coefficient (Wildman–Crippen LogP) is 1.78. The molecule has 0 aliphatic rings. The molecule has 0 saturated heterocycles. The molecule has 0 bridgehead atoms. The summed E-state index contributed by atoms with van der Waals surface area (Å²) in [4.78, 5) is 10.8. The summed E-state index contributed by atoms with van der Waals surface area (Å²) in [5, 5.41) is 3.87. The highest BCUT2D eigenvalue weighted by atomic mass is 16.5. The van der Waals surface area contributed by atoms with Crippen molar-refractivity contribution in [3.05, 3.63) is 29.8 Å². The Bertz CT molecular complexity index is 385.